The molecule has 1 nitrogen and oxygen atoms in total. The molecule has 0 radical (unpaired) electrons. The van der Waals surface area contributed by atoms with E-state index in [-0.39, 0.29) is 0 Å². The van der Waals surface area contributed by atoms with Gasteiger partial charge in [0.05, 0.1) is 10.6 Å². The molecule has 0 aromatic carbocycles. The average Bonchev–Trinajstić information content (AvgIpc) is 2.45. The van der Waals surface area contributed by atoms with Crippen LogP contribution < -0.4 is 0 Å². The van der Waals surface area contributed by atoms with E-state index >= 15 is 0 Å². The van der Waals surface area contributed by atoms with Crippen LogP contribution in [0.3, 0.4) is 0 Å². The predicted molar refractivity (Wildman–Crippen MR) is 86.1 cm³/mol. The molecule has 21 heavy (non-hydrogen) atoms. The summed E-state index contributed by atoms with van der Waals surface area (Å²) in [4.78, 5) is 3.85. The van der Waals surface area contributed by atoms with Gasteiger partial charge >= 0.3 is 6.18 Å². The second kappa shape index (κ2) is 10.4. The maximum atomic E-state index is 12.4. The largest absolute Gasteiger partial charge is 0.417 e. The highest BCUT2D eigenvalue weighted by Gasteiger charge is 2.30. The van der Waals surface area contributed by atoms with Gasteiger partial charge in [0.2, 0.25) is 0 Å². The molecule has 0 bridgehead atoms. The number of nitrogens with zero attached hydrogens (tertiary/aromatic N) is 1. The third-order valence-corrected chi connectivity index (χ3v) is 4.46. The van der Waals surface area contributed by atoms with Crippen molar-refractivity contribution < 1.29 is 13.2 Å². The molecule has 1 aromatic rings. The Morgan fingerprint density at radius 1 is 0.952 bits per heavy atom. The van der Waals surface area contributed by atoms with E-state index < -0.39 is 11.7 Å². The molecule has 0 N–H and O–H groups in total. The third-order valence-electron chi connectivity index (χ3n) is 3.12. The van der Waals surface area contributed by atoms with Gasteiger partial charge in [0.25, 0.3) is 0 Å². The molecule has 0 unspecified atom stereocenters. The van der Waals surface area contributed by atoms with E-state index in [9.17, 15) is 13.2 Å². The zero-order valence-electron chi connectivity index (χ0n) is 12.0. The molecule has 0 saturated heterocycles. The van der Waals surface area contributed by atoms with Crippen molar-refractivity contribution in [3.8, 4) is 0 Å². The number of alkyl halides is 3. The smallest absolute Gasteiger partial charge is 0.249 e. The number of thiol groups is 1. The minimum absolute atomic E-state index is 0.664. The van der Waals surface area contributed by atoms with Gasteiger partial charge in [0.1, 0.15) is 0 Å². The Bertz CT molecular complexity index is 380. The molecule has 1 heterocycles. The van der Waals surface area contributed by atoms with E-state index in [4.69, 9.17) is 0 Å². The van der Waals surface area contributed by atoms with Crippen molar-refractivity contribution in [3.05, 3.63) is 23.9 Å². The zero-order chi connectivity index (χ0) is 15.6. The molecule has 0 aliphatic rings. The summed E-state index contributed by atoms with van der Waals surface area (Å²) in [5.74, 6) is 1.88. The van der Waals surface area contributed by atoms with Crippen LogP contribution in [0.25, 0.3) is 0 Å². The first-order valence-electron chi connectivity index (χ1n) is 7.31. The third kappa shape index (κ3) is 8.61. The second-order valence-electron chi connectivity index (χ2n) is 4.93. The minimum Gasteiger partial charge on any atom is -0.249 e. The van der Waals surface area contributed by atoms with Crippen LogP contribution in [0.1, 0.15) is 50.5 Å². The molecule has 0 aliphatic heterocycles. The summed E-state index contributed by atoms with van der Waals surface area (Å²) in [7, 11) is 0. The van der Waals surface area contributed by atoms with Crippen LogP contribution in [0.4, 0.5) is 13.2 Å². The van der Waals surface area contributed by atoms with Crippen LogP contribution in [0, 0.1) is 0 Å². The number of halogens is 3. The van der Waals surface area contributed by atoms with Gasteiger partial charge in [-0.2, -0.15) is 25.8 Å². The normalized spacial score (nSPS) is 11.8. The molecule has 0 amide bonds. The fraction of sp³-hybridized carbons (Fsp3) is 0.667. The van der Waals surface area contributed by atoms with Crippen LogP contribution in [-0.4, -0.2) is 16.5 Å². The Morgan fingerprint density at radius 2 is 1.57 bits per heavy atom. The van der Waals surface area contributed by atoms with Crippen LogP contribution >= 0.6 is 24.4 Å². The molecule has 1 aromatic heterocycles. The Labute approximate surface area is 134 Å². The van der Waals surface area contributed by atoms with Crippen molar-refractivity contribution in [2.24, 2.45) is 0 Å². The van der Waals surface area contributed by atoms with E-state index in [1.165, 1.54) is 56.4 Å². The number of aromatic nitrogens is 1. The average molecular weight is 337 g/mol. The van der Waals surface area contributed by atoms with Crippen LogP contribution in [0.5, 0.6) is 0 Å². The Kier molecular flexibility index (Phi) is 9.24. The topological polar surface area (TPSA) is 12.9 Å². The van der Waals surface area contributed by atoms with Gasteiger partial charge in [-0.05, 0) is 36.5 Å². The minimum atomic E-state index is -4.30. The zero-order valence-corrected chi connectivity index (χ0v) is 13.7. The van der Waals surface area contributed by atoms with Gasteiger partial charge in [-0.3, -0.25) is 0 Å². The summed E-state index contributed by atoms with van der Waals surface area (Å²) < 4.78 is 37.1. The number of hydrogen-bond donors (Lipinski definition) is 1. The molecule has 0 spiro atoms. The molecule has 6 heteroatoms. The number of hydrogen-bond acceptors (Lipinski definition) is 3. The highest BCUT2D eigenvalue weighted by Crippen LogP contribution is 2.29. The van der Waals surface area contributed by atoms with Gasteiger partial charge in [-0.15, -0.1) is 11.8 Å². The number of unbranched alkanes of at least 4 members (excludes halogenated alkanes) is 6. The fourth-order valence-corrected chi connectivity index (χ4v) is 2.98. The van der Waals surface area contributed by atoms with Crippen LogP contribution in [0.15, 0.2) is 23.4 Å². The van der Waals surface area contributed by atoms with E-state index in [1.807, 2.05) is 0 Å². The molecule has 120 valence electrons. The standard InChI is InChI=1S/C15H22F3NS2/c16-15(17,18)13-8-9-14(19-12-13)21-11-7-5-3-1-2-4-6-10-20/h8-9,12,20H,1-7,10-11H2. The van der Waals surface area contributed by atoms with Crippen molar-refractivity contribution >= 4 is 24.4 Å². The summed E-state index contributed by atoms with van der Waals surface area (Å²) in [6.07, 6.45) is 5.08. The monoisotopic (exact) mass is 337 g/mol. The van der Waals surface area contributed by atoms with Crippen molar-refractivity contribution in [2.75, 3.05) is 11.5 Å². The van der Waals surface area contributed by atoms with Crippen molar-refractivity contribution in [1.82, 2.24) is 4.98 Å². The molecule has 0 atom stereocenters. The van der Waals surface area contributed by atoms with Gasteiger partial charge in [-0.1, -0.05) is 32.1 Å². The highest BCUT2D eigenvalue weighted by atomic mass is 32.2. The predicted octanol–water partition coefficient (Wildman–Crippen LogP) is 5.85. The van der Waals surface area contributed by atoms with E-state index in [2.05, 4.69) is 17.6 Å². The SMILES string of the molecule is FC(F)(F)c1ccc(SCCCCCCCCCS)nc1. The summed E-state index contributed by atoms with van der Waals surface area (Å²) in [6, 6.07) is 2.54. The molecular weight excluding hydrogens is 315 g/mol. The Hall–Kier alpha value is -0.360. The second-order valence-corrected chi connectivity index (χ2v) is 6.49. The summed E-state index contributed by atoms with van der Waals surface area (Å²) in [5, 5.41) is 0.664. The first-order chi connectivity index (χ1) is 10.0. The van der Waals surface area contributed by atoms with Crippen molar-refractivity contribution in [3.63, 3.8) is 0 Å². The lowest BCUT2D eigenvalue weighted by Crippen LogP contribution is -2.05. The number of thioether (sulfide) groups is 1. The fourth-order valence-electron chi connectivity index (χ4n) is 1.91. The Morgan fingerprint density at radius 3 is 2.10 bits per heavy atom. The maximum absolute atomic E-state index is 12.4. The summed E-state index contributed by atoms with van der Waals surface area (Å²) in [6.45, 7) is 0. The van der Waals surface area contributed by atoms with E-state index in [1.54, 1.807) is 0 Å². The molecule has 0 fully saturated rings. The molecule has 0 saturated carbocycles. The molecular formula is C15H22F3NS2. The Balaban J connectivity index is 2.08. The van der Waals surface area contributed by atoms with Gasteiger partial charge < -0.3 is 0 Å². The number of pyridine rings is 1. The highest BCUT2D eigenvalue weighted by molar-refractivity contribution is 7.99. The first kappa shape index (κ1) is 18.7. The van der Waals surface area contributed by atoms with Crippen molar-refractivity contribution in [1.29, 1.82) is 0 Å². The van der Waals surface area contributed by atoms with E-state index in [0.717, 1.165) is 30.2 Å². The maximum Gasteiger partial charge on any atom is 0.417 e. The van der Waals surface area contributed by atoms with Crippen LogP contribution in [-0.2, 0) is 6.18 Å². The van der Waals surface area contributed by atoms with Crippen LogP contribution in [0.2, 0.25) is 0 Å². The molecule has 1 rings (SSSR count). The summed E-state index contributed by atoms with van der Waals surface area (Å²) in [5.41, 5.74) is -0.687. The molecule has 0 aliphatic carbocycles. The van der Waals surface area contributed by atoms with Gasteiger partial charge in [-0.25, -0.2) is 4.98 Å². The number of rotatable bonds is 10. The lowest BCUT2D eigenvalue weighted by Gasteiger charge is -2.06. The van der Waals surface area contributed by atoms with E-state index in [0.29, 0.717) is 5.03 Å². The lowest BCUT2D eigenvalue weighted by atomic mass is 10.1. The van der Waals surface area contributed by atoms with Crippen molar-refractivity contribution in [2.45, 2.75) is 56.1 Å². The van der Waals surface area contributed by atoms with Gasteiger partial charge in [0, 0.05) is 6.20 Å². The quantitative estimate of drug-likeness (QED) is 0.326. The first-order valence-corrected chi connectivity index (χ1v) is 8.93. The lowest BCUT2D eigenvalue weighted by molar-refractivity contribution is -0.137. The van der Waals surface area contributed by atoms with Gasteiger partial charge in [0.15, 0.2) is 0 Å². The summed E-state index contributed by atoms with van der Waals surface area (Å²) >= 11 is 5.70.